The van der Waals surface area contributed by atoms with Gasteiger partial charge in [0.05, 0.1) is 12.4 Å². The SMILES string of the molecule is CN=C(NCCCCOC1CCCCCC1)NCCc1ccco1.I. The predicted molar refractivity (Wildman–Crippen MR) is 114 cm³/mol. The summed E-state index contributed by atoms with van der Waals surface area (Å²) in [5.41, 5.74) is 0. The molecule has 1 aliphatic rings. The number of unbranched alkanes of at least 4 members (excludes halogenated alkanes) is 1. The second kappa shape index (κ2) is 14.4. The summed E-state index contributed by atoms with van der Waals surface area (Å²) >= 11 is 0. The topological polar surface area (TPSA) is 58.8 Å². The van der Waals surface area contributed by atoms with Crippen LogP contribution < -0.4 is 10.6 Å². The molecule has 5 nitrogen and oxygen atoms in total. The number of halogens is 1. The molecule has 0 radical (unpaired) electrons. The summed E-state index contributed by atoms with van der Waals surface area (Å²) in [7, 11) is 1.80. The predicted octanol–water partition coefficient (Wildman–Crippen LogP) is 4.12. The minimum atomic E-state index is 0. The Morgan fingerprint density at radius 2 is 1.92 bits per heavy atom. The third kappa shape index (κ3) is 10.1. The van der Waals surface area contributed by atoms with Crippen LogP contribution in [0.1, 0.15) is 57.1 Å². The van der Waals surface area contributed by atoms with Crippen molar-refractivity contribution in [2.75, 3.05) is 26.7 Å². The number of nitrogens with zero attached hydrogens (tertiary/aromatic N) is 1. The van der Waals surface area contributed by atoms with E-state index in [-0.39, 0.29) is 24.0 Å². The summed E-state index contributed by atoms with van der Waals surface area (Å²) in [6, 6.07) is 3.91. The second-order valence-electron chi connectivity index (χ2n) is 6.45. The van der Waals surface area contributed by atoms with E-state index < -0.39 is 0 Å². The van der Waals surface area contributed by atoms with Crippen LogP contribution in [0.5, 0.6) is 0 Å². The Morgan fingerprint density at radius 1 is 1.16 bits per heavy atom. The van der Waals surface area contributed by atoms with Crippen LogP contribution in [0.2, 0.25) is 0 Å². The standard InChI is InChI=1S/C19H33N3O2.HI/c1-20-19(22-14-12-18-11-8-16-24-18)21-13-6-7-15-23-17-9-4-2-3-5-10-17;/h8,11,16-17H,2-7,9-10,12-15H2,1H3,(H2,20,21,22);1H. The van der Waals surface area contributed by atoms with E-state index in [0.29, 0.717) is 6.10 Å². The third-order valence-corrected chi connectivity index (χ3v) is 4.49. The molecule has 2 N–H and O–H groups in total. The van der Waals surface area contributed by atoms with Gasteiger partial charge in [-0.3, -0.25) is 4.99 Å². The number of hydrogen-bond acceptors (Lipinski definition) is 3. The van der Waals surface area contributed by atoms with Crippen LogP contribution in [0.25, 0.3) is 0 Å². The normalized spacial score (nSPS) is 16.1. The van der Waals surface area contributed by atoms with E-state index >= 15 is 0 Å². The Bertz CT molecular complexity index is 444. The van der Waals surface area contributed by atoms with Crippen LogP contribution in [0.4, 0.5) is 0 Å². The second-order valence-corrected chi connectivity index (χ2v) is 6.45. The van der Waals surface area contributed by atoms with Crippen molar-refractivity contribution in [2.45, 2.75) is 63.9 Å². The molecule has 1 aliphatic carbocycles. The number of aliphatic imine (C=N–C) groups is 1. The molecule has 0 aromatic carbocycles. The van der Waals surface area contributed by atoms with Crippen molar-refractivity contribution in [3.05, 3.63) is 24.2 Å². The largest absolute Gasteiger partial charge is 0.469 e. The average molecular weight is 463 g/mol. The molecule has 0 spiro atoms. The van der Waals surface area contributed by atoms with E-state index in [9.17, 15) is 0 Å². The maximum Gasteiger partial charge on any atom is 0.190 e. The Hall–Kier alpha value is -0.760. The number of furan rings is 1. The van der Waals surface area contributed by atoms with Gasteiger partial charge in [0.25, 0.3) is 0 Å². The monoisotopic (exact) mass is 463 g/mol. The number of hydrogen-bond donors (Lipinski definition) is 2. The molecule has 0 unspecified atom stereocenters. The van der Waals surface area contributed by atoms with E-state index in [1.54, 1.807) is 13.3 Å². The molecule has 0 amide bonds. The van der Waals surface area contributed by atoms with Gasteiger partial charge in [-0.25, -0.2) is 0 Å². The van der Waals surface area contributed by atoms with E-state index in [1.807, 2.05) is 12.1 Å². The Balaban J connectivity index is 0.00000312. The highest BCUT2D eigenvalue weighted by Crippen LogP contribution is 2.19. The van der Waals surface area contributed by atoms with Gasteiger partial charge in [-0.1, -0.05) is 25.7 Å². The average Bonchev–Trinajstić information content (AvgIpc) is 2.98. The smallest absolute Gasteiger partial charge is 0.190 e. The van der Waals surface area contributed by atoms with Crippen LogP contribution in [-0.4, -0.2) is 38.8 Å². The van der Waals surface area contributed by atoms with E-state index in [2.05, 4.69) is 15.6 Å². The zero-order valence-electron chi connectivity index (χ0n) is 15.5. The number of guanidine groups is 1. The Morgan fingerprint density at radius 3 is 2.60 bits per heavy atom. The highest BCUT2D eigenvalue weighted by molar-refractivity contribution is 14.0. The van der Waals surface area contributed by atoms with Gasteiger partial charge in [-0.2, -0.15) is 0 Å². The minimum Gasteiger partial charge on any atom is -0.469 e. The molecular weight excluding hydrogens is 429 g/mol. The quantitative estimate of drug-likeness (QED) is 0.190. The van der Waals surface area contributed by atoms with Crippen LogP contribution in [-0.2, 0) is 11.2 Å². The summed E-state index contributed by atoms with van der Waals surface area (Å²) in [6.45, 7) is 2.63. The first-order valence-corrected chi connectivity index (χ1v) is 9.47. The number of rotatable bonds is 9. The van der Waals surface area contributed by atoms with Crippen molar-refractivity contribution in [1.82, 2.24) is 10.6 Å². The van der Waals surface area contributed by atoms with Crippen molar-refractivity contribution in [1.29, 1.82) is 0 Å². The van der Waals surface area contributed by atoms with Crippen molar-refractivity contribution < 1.29 is 9.15 Å². The fourth-order valence-electron chi connectivity index (χ4n) is 3.07. The van der Waals surface area contributed by atoms with Crippen molar-refractivity contribution in [3.8, 4) is 0 Å². The maximum atomic E-state index is 6.02. The van der Waals surface area contributed by atoms with Crippen LogP contribution in [0.15, 0.2) is 27.8 Å². The molecule has 0 aliphatic heterocycles. The molecule has 1 heterocycles. The highest BCUT2D eigenvalue weighted by atomic mass is 127. The van der Waals surface area contributed by atoms with Crippen molar-refractivity contribution in [3.63, 3.8) is 0 Å². The molecule has 6 heteroatoms. The maximum absolute atomic E-state index is 6.02. The van der Waals surface area contributed by atoms with E-state index in [0.717, 1.165) is 50.7 Å². The molecular formula is C19H34IN3O2. The summed E-state index contributed by atoms with van der Waals surface area (Å²) < 4.78 is 11.3. The lowest BCUT2D eigenvalue weighted by Crippen LogP contribution is -2.38. The van der Waals surface area contributed by atoms with Gasteiger partial charge < -0.3 is 19.8 Å². The first-order valence-electron chi connectivity index (χ1n) is 9.47. The molecule has 1 aromatic rings. The number of nitrogens with one attached hydrogen (secondary N) is 2. The molecule has 0 atom stereocenters. The zero-order chi connectivity index (χ0) is 16.9. The molecule has 1 aromatic heterocycles. The molecule has 1 saturated carbocycles. The summed E-state index contributed by atoms with van der Waals surface area (Å²) in [6.07, 6.45) is 13.2. The molecule has 0 saturated heterocycles. The van der Waals surface area contributed by atoms with Gasteiger partial charge in [0.2, 0.25) is 0 Å². The fraction of sp³-hybridized carbons (Fsp3) is 0.737. The summed E-state index contributed by atoms with van der Waals surface area (Å²) in [4.78, 5) is 4.24. The first-order chi connectivity index (χ1) is 11.9. The Kier molecular flexibility index (Phi) is 12.8. The molecule has 2 rings (SSSR count). The molecule has 0 bridgehead atoms. The van der Waals surface area contributed by atoms with Crippen molar-refractivity contribution in [2.24, 2.45) is 4.99 Å². The zero-order valence-corrected chi connectivity index (χ0v) is 17.8. The minimum absolute atomic E-state index is 0. The lowest BCUT2D eigenvalue weighted by atomic mass is 10.1. The van der Waals surface area contributed by atoms with Crippen LogP contribution in [0.3, 0.4) is 0 Å². The first kappa shape index (κ1) is 22.3. The van der Waals surface area contributed by atoms with Gasteiger partial charge in [0, 0.05) is 33.2 Å². The fourth-order valence-corrected chi connectivity index (χ4v) is 3.07. The molecule has 25 heavy (non-hydrogen) atoms. The van der Waals surface area contributed by atoms with Crippen molar-refractivity contribution >= 4 is 29.9 Å². The van der Waals surface area contributed by atoms with Gasteiger partial charge >= 0.3 is 0 Å². The lowest BCUT2D eigenvalue weighted by Gasteiger charge is -2.15. The third-order valence-electron chi connectivity index (χ3n) is 4.49. The summed E-state index contributed by atoms with van der Waals surface area (Å²) in [5.74, 6) is 1.85. The molecule has 144 valence electrons. The van der Waals surface area contributed by atoms with Crippen LogP contribution in [0, 0.1) is 0 Å². The summed E-state index contributed by atoms with van der Waals surface area (Å²) in [5, 5.41) is 6.66. The van der Waals surface area contributed by atoms with Crippen LogP contribution >= 0.6 is 24.0 Å². The van der Waals surface area contributed by atoms with Gasteiger partial charge in [0.1, 0.15) is 5.76 Å². The van der Waals surface area contributed by atoms with Gasteiger partial charge in [0.15, 0.2) is 5.96 Å². The lowest BCUT2D eigenvalue weighted by molar-refractivity contribution is 0.0411. The Labute approximate surface area is 169 Å². The van der Waals surface area contributed by atoms with E-state index in [1.165, 1.54) is 38.5 Å². The highest BCUT2D eigenvalue weighted by Gasteiger charge is 2.11. The molecule has 1 fully saturated rings. The van der Waals surface area contributed by atoms with Gasteiger partial charge in [-0.05, 0) is 37.8 Å². The van der Waals surface area contributed by atoms with E-state index in [4.69, 9.17) is 9.15 Å². The number of ether oxygens (including phenoxy) is 1. The van der Waals surface area contributed by atoms with Gasteiger partial charge in [-0.15, -0.1) is 24.0 Å².